The molecule has 2 aromatic rings. The van der Waals surface area contributed by atoms with E-state index in [0.717, 1.165) is 11.1 Å². The minimum absolute atomic E-state index is 0.587. The lowest BCUT2D eigenvalue weighted by Crippen LogP contribution is -1.80. The van der Waals surface area contributed by atoms with Gasteiger partial charge in [0.25, 0.3) is 0 Å². The first-order chi connectivity index (χ1) is 10.3. The first kappa shape index (κ1) is 14.2. The molecule has 0 aromatic heterocycles. The molecule has 0 unspecified atom stereocenters. The van der Waals surface area contributed by atoms with Crippen LogP contribution in [0.5, 0.6) is 0 Å². The standard InChI is InChI=1S/C20H13N/c1-17-12-14-18(15-13-17)8-4-2-3-5-9-19-10-6-7-11-20(19)16-21/h2-3,6-7,10-15H,1H3/b3-2-. The molecule has 0 aliphatic heterocycles. The lowest BCUT2D eigenvalue weighted by molar-refractivity contribution is 1.46. The van der Waals surface area contributed by atoms with Crippen LogP contribution >= 0.6 is 0 Å². The van der Waals surface area contributed by atoms with Crippen LogP contribution in [0.1, 0.15) is 22.3 Å². The van der Waals surface area contributed by atoms with Gasteiger partial charge < -0.3 is 0 Å². The highest BCUT2D eigenvalue weighted by atomic mass is 14.2. The number of allylic oxidation sites excluding steroid dienone is 2. The number of hydrogen-bond acceptors (Lipinski definition) is 1. The number of nitriles is 1. The largest absolute Gasteiger partial charge is 0.192 e. The molecule has 0 heterocycles. The van der Waals surface area contributed by atoms with Crippen LogP contribution in [-0.2, 0) is 0 Å². The highest BCUT2D eigenvalue weighted by Gasteiger charge is 1.94. The van der Waals surface area contributed by atoms with E-state index < -0.39 is 0 Å². The Balaban J connectivity index is 2.03. The van der Waals surface area contributed by atoms with Gasteiger partial charge in [-0.2, -0.15) is 5.26 Å². The van der Waals surface area contributed by atoms with Crippen molar-refractivity contribution in [2.24, 2.45) is 0 Å². The van der Waals surface area contributed by atoms with Gasteiger partial charge in [-0.15, -0.1) is 0 Å². The molecule has 0 bridgehead atoms. The van der Waals surface area contributed by atoms with Gasteiger partial charge in [0.05, 0.1) is 5.56 Å². The molecule has 0 spiro atoms. The molecule has 0 saturated carbocycles. The van der Waals surface area contributed by atoms with Crippen molar-refractivity contribution < 1.29 is 0 Å². The molecule has 0 aliphatic rings. The summed E-state index contributed by atoms with van der Waals surface area (Å²) < 4.78 is 0. The summed E-state index contributed by atoms with van der Waals surface area (Å²) >= 11 is 0. The third-order valence-corrected chi connectivity index (χ3v) is 2.77. The van der Waals surface area contributed by atoms with E-state index in [0.29, 0.717) is 5.56 Å². The summed E-state index contributed by atoms with van der Waals surface area (Å²) in [4.78, 5) is 0. The minimum atomic E-state index is 0.587. The van der Waals surface area contributed by atoms with Gasteiger partial charge in [-0.05, 0) is 43.3 Å². The summed E-state index contributed by atoms with van der Waals surface area (Å²) in [5, 5.41) is 8.95. The molecular weight excluding hydrogens is 254 g/mol. The zero-order valence-corrected chi connectivity index (χ0v) is 11.7. The maximum absolute atomic E-state index is 8.95. The van der Waals surface area contributed by atoms with Crippen LogP contribution in [0.15, 0.2) is 60.7 Å². The van der Waals surface area contributed by atoms with Crippen molar-refractivity contribution in [1.82, 2.24) is 0 Å². The van der Waals surface area contributed by atoms with Crippen molar-refractivity contribution in [3.8, 4) is 29.8 Å². The second kappa shape index (κ2) is 7.40. The van der Waals surface area contributed by atoms with Crippen LogP contribution in [0, 0.1) is 41.9 Å². The monoisotopic (exact) mass is 267 g/mol. The van der Waals surface area contributed by atoms with Gasteiger partial charge in [-0.25, -0.2) is 0 Å². The molecule has 98 valence electrons. The third kappa shape index (κ3) is 4.43. The molecule has 1 nitrogen and oxygen atoms in total. The summed E-state index contributed by atoms with van der Waals surface area (Å²) in [6.07, 6.45) is 3.40. The Hall–Kier alpha value is -3.21. The Morgan fingerprint density at radius 1 is 0.810 bits per heavy atom. The quantitative estimate of drug-likeness (QED) is 0.666. The molecule has 2 aromatic carbocycles. The maximum Gasteiger partial charge on any atom is 0.100 e. The van der Waals surface area contributed by atoms with Gasteiger partial charge in [0, 0.05) is 11.1 Å². The Labute approximate surface area is 125 Å². The molecule has 0 fully saturated rings. The second-order valence-electron chi connectivity index (χ2n) is 4.40. The van der Waals surface area contributed by atoms with E-state index in [2.05, 4.69) is 29.8 Å². The van der Waals surface area contributed by atoms with E-state index in [-0.39, 0.29) is 0 Å². The van der Waals surface area contributed by atoms with E-state index in [1.54, 1.807) is 18.2 Å². The van der Waals surface area contributed by atoms with E-state index in [4.69, 9.17) is 5.26 Å². The zero-order valence-electron chi connectivity index (χ0n) is 11.7. The smallest absolute Gasteiger partial charge is 0.100 e. The van der Waals surface area contributed by atoms with Crippen LogP contribution in [0.4, 0.5) is 0 Å². The van der Waals surface area contributed by atoms with Gasteiger partial charge in [-0.1, -0.05) is 53.5 Å². The topological polar surface area (TPSA) is 23.8 Å². The number of aryl methyl sites for hydroxylation is 1. The van der Waals surface area contributed by atoms with Crippen LogP contribution in [0.3, 0.4) is 0 Å². The van der Waals surface area contributed by atoms with Gasteiger partial charge in [-0.3, -0.25) is 0 Å². The average Bonchev–Trinajstić information content (AvgIpc) is 2.53. The molecule has 1 heteroatoms. The van der Waals surface area contributed by atoms with E-state index in [1.165, 1.54) is 5.56 Å². The fraction of sp³-hybridized carbons (Fsp3) is 0.0500. The average molecular weight is 267 g/mol. The van der Waals surface area contributed by atoms with Crippen LogP contribution < -0.4 is 0 Å². The fourth-order valence-electron chi connectivity index (χ4n) is 1.65. The fourth-order valence-corrected chi connectivity index (χ4v) is 1.65. The molecule has 0 N–H and O–H groups in total. The van der Waals surface area contributed by atoms with Crippen LogP contribution in [0.25, 0.3) is 0 Å². The van der Waals surface area contributed by atoms with E-state index in [1.807, 2.05) is 49.4 Å². The molecule has 0 radical (unpaired) electrons. The SMILES string of the molecule is Cc1ccc(C#C/C=C\C#Cc2ccccc2C#N)cc1. The molecular formula is C20H13N. The van der Waals surface area contributed by atoms with E-state index >= 15 is 0 Å². The van der Waals surface area contributed by atoms with Crippen molar-refractivity contribution in [3.63, 3.8) is 0 Å². The van der Waals surface area contributed by atoms with Gasteiger partial charge in [0.15, 0.2) is 0 Å². The Morgan fingerprint density at radius 3 is 2.10 bits per heavy atom. The van der Waals surface area contributed by atoms with Crippen molar-refractivity contribution in [3.05, 3.63) is 82.9 Å². The number of nitrogens with zero attached hydrogens (tertiary/aromatic N) is 1. The number of benzene rings is 2. The molecule has 2 rings (SSSR count). The summed E-state index contributed by atoms with van der Waals surface area (Å²) in [5.74, 6) is 11.8. The normalized spacial score (nSPS) is 9.14. The Morgan fingerprint density at radius 2 is 1.43 bits per heavy atom. The molecule has 0 atom stereocenters. The second-order valence-corrected chi connectivity index (χ2v) is 4.40. The van der Waals surface area contributed by atoms with Crippen molar-refractivity contribution in [1.29, 1.82) is 5.26 Å². The lowest BCUT2D eigenvalue weighted by Gasteiger charge is -1.91. The van der Waals surface area contributed by atoms with Gasteiger partial charge in [0.1, 0.15) is 6.07 Å². The predicted molar refractivity (Wildman–Crippen MR) is 85.2 cm³/mol. The van der Waals surface area contributed by atoms with Crippen LogP contribution in [0.2, 0.25) is 0 Å². The van der Waals surface area contributed by atoms with Crippen LogP contribution in [-0.4, -0.2) is 0 Å². The summed E-state index contributed by atoms with van der Waals surface area (Å²) in [6.45, 7) is 2.05. The molecule has 21 heavy (non-hydrogen) atoms. The summed E-state index contributed by atoms with van der Waals surface area (Å²) in [5.41, 5.74) is 3.52. The predicted octanol–water partition coefficient (Wildman–Crippen LogP) is 3.83. The summed E-state index contributed by atoms with van der Waals surface area (Å²) in [6, 6.07) is 17.4. The van der Waals surface area contributed by atoms with Gasteiger partial charge >= 0.3 is 0 Å². The van der Waals surface area contributed by atoms with Crippen molar-refractivity contribution >= 4 is 0 Å². The van der Waals surface area contributed by atoms with E-state index in [9.17, 15) is 0 Å². The third-order valence-electron chi connectivity index (χ3n) is 2.77. The molecule has 0 aliphatic carbocycles. The highest BCUT2D eigenvalue weighted by Crippen LogP contribution is 2.04. The first-order valence-electron chi connectivity index (χ1n) is 6.53. The Kier molecular flexibility index (Phi) is 5.00. The first-order valence-corrected chi connectivity index (χ1v) is 6.53. The molecule has 0 amide bonds. The number of hydrogen-bond donors (Lipinski definition) is 0. The Bertz CT molecular complexity index is 810. The minimum Gasteiger partial charge on any atom is -0.192 e. The maximum atomic E-state index is 8.95. The zero-order chi connectivity index (χ0) is 14.9. The van der Waals surface area contributed by atoms with Gasteiger partial charge in [0.2, 0.25) is 0 Å². The molecule has 0 saturated heterocycles. The lowest BCUT2D eigenvalue weighted by atomic mass is 10.1. The number of rotatable bonds is 0. The highest BCUT2D eigenvalue weighted by molar-refractivity contribution is 5.49. The van der Waals surface area contributed by atoms with Crippen molar-refractivity contribution in [2.75, 3.05) is 0 Å². The summed E-state index contributed by atoms with van der Waals surface area (Å²) in [7, 11) is 0. The van der Waals surface area contributed by atoms with Crippen molar-refractivity contribution in [2.45, 2.75) is 6.92 Å².